The van der Waals surface area contributed by atoms with E-state index in [1.807, 2.05) is 0 Å². The largest absolute Gasteiger partial charge is 0.379 e. The molecule has 2 aliphatic heterocycles. The summed E-state index contributed by atoms with van der Waals surface area (Å²) in [5, 5.41) is 2.60. The minimum Gasteiger partial charge on any atom is -0.379 e. The van der Waals surface area contributed by atoms with Gasteiger partial charge in [0, 0.05) is 37.2 Å². The summed E-state index contributed by atoms with van der Waals surface area (Å²) in [6.07, 6.45) is 0. The standard InChI is InChI=1S/C16H23ClN2O5S2/c17-13-1-3-14(4-2-13)26(22,23)16-12-25(20,21)11-15(16)18-5-6-19-7-9-24-10-8-19/h1-4,15-16,18H,5-12H2/t15-,16-/m0/s1. The van der Waals surface area contributed by atoms with E-state index in [1.54, 1.807) is 0 Å². The Labute approximate surface area is 159 Å². The Hall–Kier alpha value is -0.710. The predicted molar refractivity (Wildman–Crippen MR) is 100 cm³/mol. The Bertz CT molecular complexity index is 821. The van der Waals surface area contributed by atoms with Gasteiger partial charge in [0.15, 0.2) is 19.7 Å². The van der Waals surface area contributed by atoms with Crippen LogP contribution in [0.5, 0.6) is 0 Å². The van der Waals surface area contributed by atoms with E-state index in [9.17, 15) is 16.8 Å². The second kappa shape index (κ2) is 8.12. The van der Waals surface area contributed by atoms with Gasteiger partial charge >= 0.3 is 0 Å². The SMILES string of the molecule is O=S1(=O)C[C@H](NCCN2CCOCC2)[C@@H](S(=O)(=O)c2ccc(Cl)cc2)C1. The molecular formula is C16H23ClN2O5S2. The van der Waals surface area contributed by atoms with E-state index in [1.165, 1.54) is 24.3 Å². The van der Waals surface area contributed by atoms with Crippen molar-refractivity contribution >= 4 is 31.3 Å². The molecule has 7 nitrogen and oxygen atoms in total. The lowest BCUT2D eigenvalue weighted by atomic mass is 10.2. The van der Waals surface area contributed by atoms with Crippen LogP contribution in [-0.2, 0) is 24.4 Å². The maximum absolute atomic E-state index is 12.9. The molecule has 0 saturated carbocycles. The average molecular weight is 423 g/mol. The van der Waals surface area contributed by atoms with E-state index in [-0.39, 0.29) is 16.4 Å². The molecule has 0 unspecified atom stereocenters. The number of hydrogen-bond donors (Lipinski definition) is 1. The molecule has 0 amide bonds. The fourth-order valence-electron chi connectivity index (χ4n) is 3.34. The van der Waals surface area contributed by atoms with E-state index in [0.717, 1.165) is 19.6 Å². The Morgan fingerprint density at radius 2 is 1.81 bits per heavy atom. The Morgan fingerprint density at radius 1 is 1.15 bits per heavy atom. The zero-order valence-corrected chi connectivity index (χ0v) is 16.7. The summed E-state index contributed by atoms with van der Waals surface area (Å²) in [7, 11) is -7.17. The maximum atomic E-state index is 12.9. The van der Waals surface area contributed by atoms with E-state index in [0.29, 0.717) is 24.8 Å². The van der Waals surface area contributed by atoms with E-state index >= 15 is 0 Å². The lowest BCUT2D eigenvalue weighted by Crippen LogP contribution is -2.47. The summed E-state index contributed by atoms with van der Waals surface area (Å²) in [6.45, 7) is 4.30. The number of morpholine rings is 1. The number of sulfone groups is 2. The highest BCUT2D eigenvalue weighted by Crippen LogP contribution is 2.26. The van der Waals surface area contributed by atoms with Crippen LogP contribution in [0.2, 0.25) is 5.02 Å². The summed E-state index contributed by atoms with van der Waals surface area (Å²) in [5.41, 5.74) is 0. The molecule has 0 bridgehead atoms. The van der Waals surface area contributed by atoms with Crippen molar-refractivity contribution in [3.63, 3.8) is 0 Å². The van der Waals surface area contributed by atoms with Crippen molar-refractivity contribution in [1.29, 1.82) is 0 Å². The molecule has 10 heteroatoms. The van der Waals surface area contributed by atoms with E-state index in [4.69, 9.17) is 16.3 Å². The van der Waals surface area contributed by atoms with Gasteiger partial charge in [-0.25, -0.2) is 16.8 Å². The van der Waals surface area contributed by atoms with Crippen molar-refractivity contribution in [3.8, 4) is 0 Å². The van der Waals surface area contributed by atoms with Gasteiger partial charge in [0.2, 0.25) is 0 Å². The van der Waals surface area contributed by atoms with Gasteiger partial charge in [0.1, 0.15) is 0 Å². The number of nitrogens with one attached hydrogen (secondary N) is 1. The van der Waals surface area contributed by atoms with Gasteiger partial charge in [-0.2, -0.15) is 0 Å². The number of rotatable bonds is 6. The van der Waals surface area contributed by atoms with Gasteiger partial charge in [0.05, 0.1) is 34.9 Å². The van der Waals surface area contributed by atoms with Gasteiger partial charge < -0.3 is 10.1 Å². The predicted octanol–water partition coefficient (Wildman–Crippen LogP) is 0.201. The van der Waals surface area contributed by atoms with Gasteiger partial charge in [-0.15, -0.1) is 0 Å². The molecule has 0 radical (unpaired) electrons. The third-order valence-electron chi connectivity index (χ3n) is 4.78. The molecule has 146 valence electrons. The van der Waals surface area contributed by atoms with E-state index in [2.05, 4.69) is 10.2 Å². The average Bonchev–Trinajstić information content (AvgIpc) is 2.92. The van der Waals surface area contributed by atoms with Crippen molar-refractivity contribution in [2.45, 2.75) is 16.2 Å². The normalized spacial score (nSPS) is 26.8. The van der Waals surface area contributed by atoms with Crippen molar-refractivity contribution < 1.29 is 21.6 Å². The van der Waals surface area contributed by atoms with Crippen LogP contribution in [0.25, 0.3) is 0 Å². The van der Waals surface area contributed by atoms with Gasteiger partial charge in [-0.05, 0) is 24.3 Å². The smallest absolute Gasteiger partial charge is 0.183 e. The Balaban J connectivity index is 1.70. The first-order chi connectivity index (χ1) is 12.3. The lowest BCUT2D eigenvalue weighted by Gasteiger charge is -2.27. The third-order valence-corrected chi connectivity index (χ3v) is 9.20. The second-order valence-corrected chi connectivity index (χ2v) is 11.4. The second-order valence-electron chi connectivity index (χ2n) is 6.63. The summed E-state index contributed by atoms with van der Waals surface area (Å²) in [6, 6.07) is 5.24. The first-order valence-electron chi connectivity index (χ1n) is 8.51. The quantitative estimate of drug-likeness (QED) is 0.700. The molecule has 0 aromatic heterocycles. The van der Waals surface area contributed by atoms with Crippen LogP contribution in [0, 0.1) is 0 Å². The number of nitrogens with zero attached hydrogens (tertiary/aromatic N) is 1. The summed E-state index contributed by atoms with van der Waals surface area (Å²) in [5.74, 6) is -0.513. The van der Waals surface area contributed by atoms with E-state index < -0.39 is 31.0 Å². The van der Waals surface area contributed by atoms with Crippen LogP contribution in [0.15, 0.2) is 29.2 Å². The van der Waals surface area contributed by atoms with Crippen LogP contribution in [-0.4, -0.2) is 83.9 Å². The highest BCUT2D eigenvalue weighted by atomic mass is 35.5. The minimum atomic E-state index is -3.76. The van der Waals surface area contributed by atoms with Crippen molar-refractivity contribution in [3.05, 3.63) is 29.3 Å². The highest BCUT2D eigenvalue weighted by Gasteiger charge is 2.45. The highest BCUT2D eigenvalue weighted by molar-refractivity contribution is 7.96. The zero-order valence-electron chi connectivity index (χ0n) is 14.3. The lowest BCUT2D eigenvalue weighted by molar-refractivity contribution is 0.0382. The Morgan fingerprint density at radius 3 is 2.46 bits per heavy atom. The van der Waals surface area contributed by atoms with Gasteiger partial charge in [0.25, 0.3) is 0 Å². The van der Waals surface area contributed by atoms with Crippen molar-refractivity contribution in [1.82, 2.24) is 10.2 Å². The number of ether oxygens (including phenoxy) is 1. The fourth-order valence-corrected chi connectivity index (χ4v) is 8.19. The molecule has 1 aromatic rings. The number of benzene rings is 1. The topological polar surface area (TPSA) is 92.8 Å². The molecule has 2 saturated heterocycles. The summed E-state index contributed by atoms with van der Waals surface area (Å²) < 4.78 is 55.4. The molecule has 0 spiro atoms. The molecule has 26 heavy (non-hydrogen) atoms. The Kier molecular flexibility index (Phi) is 6.25. The third kappa shape index (κ3) is 4.76. The van der Waals surface area contributed by atoms with Crippen LogP contribution in [0.4, 0.5) is 0 Å². The van der Waals surface area contributed by atoms with Crippen LogP contribution < -0.4 is 5.32 Å². The van der Waals surface area contributed by atoms with Gasteiger partial charge in [-0.1, -0.05) is 11.6 Å². The van der Waals surface area contributed by atoms with Crippen LogP contribution in [0.1, 0.15) is 0 Å². The monoisotopic (exact) mass is 422 g/mol. The van der Waals surface area contributed by atoms with Gasteiger partial charge in [-0.3, -0.25) is 4.90 Å². The van der Waals surface area contributed by atoms with Crippen molar-refractivity contribution in [2.24, 2.45) is 0 Å². The molecule has 2 aliphatic rings. The molecule has 2 heterocycles. The zero-order chi connectivity index (χ0) is 18.8. The molecule has 2 fully saturated rings. The summed E-state index contributed by atoms with van der Waals surface area (Å²) >= 11 is 5.82. The molecular weight excluding hydrogens is 400 g/mol. The minimum absolute atomic E-state index is 0.101. The molecule has 1 N–H and O–H groups in total. The first kappa shape index (κ1) is 20.0. The molecule has 2 atom stereocenters. The first-order valence-corrected chi connectivity index (χ1v) is 12.3. The van der Waals surface area contributed by atoms with Crippen LogP contribution in [0.3, 0.4) is 0 Å². The summed E-state index contributed by atoms with van der Waals surface area (Å²) in [4.78, 5) is 2.31. The van der Waals surface area contributed by atoms with Crippen molar-refractivity contribution in [2.75, 3.05) is 50.9 Å². The number of halogens is 1. The number of hydrogen-bond acceptors (Lipinski definition) is 7. The van der Waals surface area contributed by atoms with Crippen LogP contribution >= 0.6 is 11.6 Å². The molecule has 0 aliphatic carbocycles. The molecule has 3 rings (SSSR count). The molecule has 1 aromatic carbocycles. The fraction of sp³-hybridized carbons (Fsp3) is 0.625. The maximum Gasteiger partial charge on any atom is 0.183 e.